The molecule has 0 saturated carbocycles. The molecule has 0 bridgehead atoms. The van der Waals surface area contributed by atoms with Crippen LogP contribution in [-0.2, 0) is 42.1 Å². The van der Waals surface area contributed by atoms with Crippen molar-refractivity contribution in [3.05, 3.63) is 78.9 Å². The van der Waals surface area contributed by atoms with Crippen LogP contribution < -0.4 is 5.73 Å². The van der Waals surface area contributed by atoms with Gasteiger partial charge in [0, 0.05) is 5.56 Å². The second-order valence-corrected chi connectivity index (χ2v) is 13.2. The van der Waals surface area contributed by atoms with Crippen molar-refractivity contribution in [2.75, 3.05) is 12.3 Å². The smallest absolute Gasteiger partial charge is 0.382 e. The molecule has 30 heteroatoms. The van der Waals surface area contributed by atoms with Gasteiger partial charge in [-0.05, 0) is 0 Å². The number of fused-ring (bicyclic) bond motifs is 1. The number of rotatable bonds is 13. The maximum atomic E-state index is 12.9. The zero-order valence-corrected chi connectivity index (χ0v) is 24.5. The Balaban J connectivity index is 2.00. The normalized spacial score (nSPS) is 27.5. The molecule has 6 atom stereocenters. The number of ether oxygens (including phenoxy) is 1. The lowest BCUT2D eigenvalue weighted by molar-refractivity contribution is -0.895. The van der Waals surface area contributed by atoms with Gasteiger partial charge in [0.1, 0.15) is 18.2 Å². The number of aliphatic hydroxyl groups is 1. The number of benzene rings is 1. The highest BCUT2D eigenvalue weighted by atomic mass is 31.3. The first kappa shape index (κ1) is 34.8. The molecular formula is C16H17N8O19P3. The Morgan fingerprint density at radius 1 is 0.957 bits per heavy atom. The molecular weight excluding hydrogens is 701 g/mol. The Bertz CT molecular complexity index is 1860. The van der Waals surface area contributed by atoms with E-state index in [-0.39, 0.29) is 11.3 Å². The minimum atomic E-state index is -6.15. The molecule has 1 saturated heterocycles. The molecule has 0 spiro atoms. The van der Waals surface area contributed by atoms with Crippen molar-refractivity contribution in [1.29, 1.82) is 0 Å². The number of hydrogen-bond donors (Lipinski definition) is 6. The molecule has 1 aromatic carbocycles. The highest BCUT2D eigenvalue weighted by Gasteiger charge is 2.95. The van der Waals surface area contributed by atoms with Crippen molar-refractivity contribution in [3.8, 4) is 0 Å². The quantitative estimate of drug-likeness (QED) is 0.0534. The number of nitrogen functional groups attached to an aromatic ring is 1. The number of phosphoric acid groups is 3. The predicted molar refractivity (Wildman–Crippen MR) is 138 cm³/mol. The molecule has 2 aromatic heterocycles. The van der Waals surface area contributed by atoms with Crippen molar-refractivity contribution in [2.24, 2.45) is 0 Å². The second-order valence-electron chi connectivity index (χ2n) is 8.75. The summed E-state index contributed by atoms with van der Waals surface area (Å²) in [5.41, 5.74) is -8.13. The fourth-order valence-electron chi connectivity index (χ4n) is 4.59. The second kappa shape index (κ2) is 11.6. The molecule has 27 nitrogen and oxygen atoms in total. The van der Waals surface area contributed by atoms with Crippen LogP contribution in [0.15, 0.2) is 43.0 Å². The summed E-state index contributed by atoms with van der Waals surface area (Å²) in [6, 6.07) is 5.62. The Morgan fingerprint density at radius 3 is 2.13 bits per heavy atom. The third-order valence-electron chi connectivity index (χ3n) is 6.13. The van der Waals surface area contributed by atoms with E-state index in [0.29, 0.717) is 10.9 Å². The van der Waals surface area contributed by atoms with Gasteiger partial charge in [-0.25, -0.2) is 33.5 Å². The van der Waals surface area contributed by atoms with Crippen LogP contribution in [0.3, 0.4) is 0 Å². The molecule has 46 heavy (non-hydrogen) atoms. The summed E-state index contributed by atoms with van der Waals surface area (Å²) >= 11 is 0. The Hall–Kier alpha value is -4.10. The number of nitrogens with zero attached hydrogens (tertiary/aromatic N) is 7. The lowest BCUT2D eigenvalue weighted by atomic mass is 9.84. The van der Waals surface area contributed by atoms with Crippen molar-refractivity contribution in [3.63, 3.8) is 0 Å². The molecule has 0 aliphatic carbocycles. The third kappa shape index (κ3) is 5.70. The summed E-state index contributed by atoms with van der Waals surface area (Å²) in [4.78, 5) is 86.1. The molecule has 0 radical (unpaired) electrons. The fraction of sp³-hybridized carbons (Fsp3) is 0.312. The maximum Gasteiger partial charge on any atom is 0.510 e. The predicted octanol–water partition coefficient (Wildman–Crippen LogP) is -1.00. The molecule has 7 N–H and O–H groups in total. The van der Waals surface area contributed by atoms with E-state index in [1.54, 1.807) is 0 Å². The molecule has 1 aliphatic heterocycles. The molecule has 250 valence electrons. The third-order valence-corrected chi connectivity index (χ3v) is 9.94. The van der Waals surface area contributed by atoms with E-state index in [4.69, 9.17) is 20.3 Å². The van der Waals surface area contributed by atoms with Crippen molar-refractivity contribution in [1.82, 2.24) is 19.5 Å². The Morgan fingerprint density at radius 2 is 1.59 bits per heavy atom. The van der Waals surface area contributed by atoms with Crippen LogP contribution in [0.5, 0.6) is 0 Å². The lowest BCUT2D eigenvalue weighted by Gasteiger charge is -2.37. The fourth-order valence-corrected chi connectivity index (χ4v) is 7.61. The van der Waals surface area contributed by atoms with Crippen molar-refractivity contribution < 1.29 is 76.0 Å². The van der Waals surface area contributed by atoms with Gasteiger partial charge in [-0.15, -0.1) is 10.1 Å². The molecule has 4 rings (SSSR count). The van der Waals surface area contributed by atoms with E-state index in [9.17, 15) is 58.9 Å². The van der Waals surface area contributed by atoms with E-state index >= 15 is 0 Å². The molecule has 3 aromatic rings. The minimum Gasteiger partial charge on any atom is -0.382 e. The highest BCUT2D eigenvalue weighted by Crippen LogP contribution is 2.67. The summed E-state index contributed by atoms with van der Waals surface area (Å²) in [5.74, 6) is -0.374. The topological polar surface area (TPSA) is 398 Å². The standard InChI is InChI=1S/C16H17N8O19P3/c17-12-11-13(19-7-18-12)21(8-20-11)15(9-4-2-1-3-5-9)16(23(28)29,41-24(30)31)14(25,22(26)27)10(40-15)6-39-45(35,36)43-46(37,38)42-44(32,33)34/h1-5,7-8,10,25H,6H2,(H,35,36)(H,37,38)(H2,17,18,19)(H2,32,33,34)/t10-,14-,15-,16-/m1/s1. The van der Waals surface area contributed by atoms with Crippen LogP contribution in [0, 0.1) is 30.3 Å². The van der Waals surface area contributed by atoms with Crippen LogP contribution in [0.2, 0.25) is 0 Å². The first-order valence-corrected chi connectivity index (χ1v) is 16.0. The Kier molecular flexibility index (Phi) is 8.77. The maximum absolute atomic E-state index is 12.9. The van der Waals surface area contributed by atoms with Gasteiger partial charge in [-0.3, -0.25) is 29.3 Å². The highest BCUT2D eigenvalue weighted by molar-refractivity contribution is 7.66. The van der Waals surface area contributed by atoms with E-state index < -0.39 is 79.5 Å². The average Bonchev–Trinajstić information content (AvgIpc) is 3.44. The number of anilines is 1. The monoisotopic (exact) mass is 718 g/mol. The first-order valence-electron chi connectivity index (χ1n) is 11.4. The number of aromatic nitrogens is 4. The first-order chi connectivity index (χ1) is 21.1. The summed E-state index contributed by atoms with van der Waals surface area (Å²) in [6.07, 6.45) is -1.57. The molecule has 1 aliphatic rings. The van der Waals surface area contributed by atoms with Gasteiger partial charge in [0.05, 0.1) is 16.5 Å². The summed E-state index contributed by atoms with van der Waals surface area (Å²) in [5, 5.41) is 47.0. The van der Waals surface area contributed by atoms with Gasteiger partial charge in [-0.2, -0.15) is 8.62 Å². The largest absolute Gasteiger partial charge is 0.510 e. The van der Waals surface area contributed by atoms with E-state index in [1.807, 2.05) is 0 Å². The van der Waals surface area contributed by atoms with Crippen LogP contribution in [0.4, 0.5) is 5.82 Å². The summed E-state index contributed by atoms with van der Waals surface area (Å²) < 4.78 is 52.6. The Labute approximate surface area is 251 Å². The molecule has 3 heterocycles. The van der Waals surface area contributed by atoms with Crippen molar-refractivity contribution >= 4 is 40.4 Å². The van der Waals surface area contributed by atoms with Gasteiger partial charge in [-0.1, -0.05) is 30.3 Å². The zero-order chi connectivity index (χ0) is 34.5. The zero-order valence-electron chi connectivity index (χ0n) is 21.8. The van der Waals surface area contributed by atoms with E-state index in [2.05, 4.69) is 32.9 Å². The average molecular weight is 718 g/mol. The number of imidazole rings is 1. The number of nitro groups is 2. The summed E-state index contributed by atoms with van der Waals surface area (Å²) in [7, 11) is -18.2. The molecule has 2 unspecified atom stereocenters. The van der Waals surface area contributed by atoms with Gasteiger partial charge in [0.2, 0.25) is 0 Å². The van der Waals surface area contributed by atoms with Gasteiger partial charge < -0.3 is 35.2 Å². The van der Waals surface area contributed by atoms with Crippen molar-refractivity contribution in [2.45, 2.75) is 23.3 Å². The molecule has 0 amide bonds. The van der Waals surface area contributed by atoms with E-state index in [1.165, 1.54) is 18.2 Å². The van der Waals surface area contributed by atoms with Gasteiger partial charge >= 0.3 is 40.0 Å². The van der Waals surface area contributed by atoms with Crippen LogP contribution in [-0.4, -0.2) is 83.3 Å². The molecule has 1 fully saturated rings. The van der Waals surface area contributed by atoms with Gasteiger partial charge in [0.25, 0.3) is 5.72 Å². The van der Waals surface area contributed by atoms with Crippen LogP contribution in [0.25, 0.3) is 11.2 Å². The SMILES string of the molecule is Nc1ncnc2c1ncn2[C@]1(c2ccccc2)O[C@H](COP(=O)(O)OP(=O)(O)OP(=O)(O)O)[C@](O)([N+](=O)[O-])[C@]1(O[N+](=O)[O-])[N+](=O)[O-]. The minimum absolute atomic E-state index is 0.346. The number of phosphoric ester groups is 1. The summed E-state index contributed by atoms with van der Waals surface area (Å²) in [6.45, 7) is -1.93. The van der Waals surface area contributed by atoms with Gasteiger partial charge in [0.15, 0.2) is 17.6 Å². The van der Waals surface area contributed by atoms with Crippen LogP contribution >= 0.6 is 23.5 Å². The number of hydrogen-bond acceptors (Lipinski definition) is 19. The van der Waals surface area contributed by atoms with Crippen LogP contribution in [0.1, 0.15) is 5.56 Å². The van der Waals surface area contributed by atoms with E-state index in [0.717, 1.165) is 18.5 Å². The number of nitrogens with two attached hydrogens (primary N) is 1. The lowest BCUT2D eigenvalue weighted by Crippen LogP contribution is -2.73.